The Kier molecular flexibility index (Phi) is 2.93. The Bertz CT molecular complexity index is 332. The van der Waals surface area contributed by atoms with Crippen LogP contribution in [0.5, 0.6) is 0 Å². The second-order valence-electron chi connectivity index (χ2n) is 2.78. The summed E-state index contributed by atoms with van der Waals surface area (Å²) in [5, 5.41) is 7.22. The second kappa shape index (κ2) is 3.79. The Morgan fingerprint density at radius 3 is 2.69 bits per heavy atom. The van der Waals surface area contributed by atoms with Crippen molar-refractivity contribution in [1.29, 1.82) is 0 Å². The molecule has 1 aromatic heterocycles. The molecule has 0 fully saturated rings. The molecular formula is C8H12ClN3O. The minimum absolute atomic E-state index is 0.0574. The monoisotopic (exact) mass is 201 g/mol. The fraction of sp³-hybridized carbons (Fsp3) is 0.500. The molecule has 72 valence electrons. The number of nitrogens with one attached hydrogen (secondary N) is 1. The van der Waals surface area contributed by atoms with Crippen LogP contribution in [-0.4, -0.2) is 15.7 Å². The first-order valence-electron chi connectivity index (χ1n) is 4.05. The first-order valence-corrected chi connectivity index (χ1v) is 4.43. The molecule has 1 N–H and O–H groups in total. The van der Waals surface area contributed by atoms with Crippen molar-refractivity contribution in [2.45, 2.75) is 20.3 Å². The van der Waals surface area contributed by atoms with Crippen LogP contribution in [0.15, 0.2) is 0 Å². The number of aromatic nitrogens is 2. The van der Waals surface area contributed by atoms with Crippen molar-refractivity contribution >= 4 is 23.2 Å². The normalized spacial score (nSPS) is 10.2. The number of hydrogen-bond donors (Lipinski definition) is 1. The van der Waals surface area contributed by atoms with E-state index in [2.05, 4.69) is 10.4 Å². The molecule has 0 unspecified atom stereocenters. The molecule has 0 aromatic carbocycles. The Balaban J connectivity index is 2.94. The van der Waals surface area contributed by atoms with E-state index in [4.69, 9.17) is 11.6 Å². The molecule has 0 radical (unpaired) electrons. The maximum Gasteiger partial charge on any atom is 0.224 e. The number of aryl methyl sites for hydroxylation is 2. The number of rotatable bonds is 2. The molecule has 1 amide bonds. The van der Waals surface area contributed by atoms with E-state index in [1.54, 1.807) is 20.9 Å². The van der Waals surface area contributed by atoms with Gasteiger partial charge in [-0.3, -0.25) is 9.48 Å². The van der Waals surface area contributed by atoms with E-state index < -0.39 is 0 Å². The highest BCUT2D eigenvalue weighted by Crippen LogP contribution is 2.24. The van der Waals surface area contributed by atoms with Crippen LogP contribution < -0.4 is 5.32 Å². The molecule has 0 spiro atoms. The van der Waals surface area contributed by atoms with Crippen LogP contribution in [0.25, 0.3) is 0 Å². The lowest BCUT2D eigenvalue weighted by atomic mass is 10.3. The summed E-state index contributed by atoms with van der Waals surface area (Å²) in [4.78, 5) is 11.1. The average Bonchev–Trinajstić information content (AvgIpc) is 2.32. The number of carbonyl (C=O) groups is 1. The van der Waals surface area contributed by atoms with Gasteiger partial charge in [0.2, 0.25) is 5.91 Å². The number of hydrogen-bond acceptors (Lipinski definition) is 2. The van der Waals surface area contributed by atoms with Crippen molar-refractivity contribution in [1.82, 2.24) is 9.78 Å². The zero-order valence-electron chi connectivity index (χ0n) is 7.89. The van der Waals surface area contributed by atoms with E-state index in [0.29, 0.717) is 17.3 Å². The van der Waals surface area contributed by atoms with Gasteiger partial charge in [-0.05, 0) is 6.92 Å². The van der Waals surface area contributed by atoms with Crippen LogP contribution in [0.2, 0.25) is 5.15 Å². The average molecular weight is 202 g/mol. The van der Waals surface area contributed by atoms with Crippen molar-refractivity contribution < 1.29 is 4.79 Å². The van der Waals surface area contributed by atoms with E-state index in [1.807, 2.05) is 0 Å². The van der Waals surface area contributed by atoms with E-state index in [0.717, 1.165) is 5.69 Å². The molecule has 0 aliphatic carbocycles. The van der Waals surface area contributed by atoms with E-state index in [1.165, 1.54) is 4.68 Å². The molecule has 1 heterocycles. The molecule has 5 heteroatoms. The maximum absolute atomic E-state index is 11.1. The zero-order valence-corrected chi connectivity index (χ0v) is 8.64. The van der Waals surface area contributed by atoms with Crippen LogP contribution in [-0.2, 0) is 11.8 Å². The number of anilines is 1. The summed E-state index contributed by atoms with van der Waals surface area (Å²) < 4.78 is 1.53. The van der Waals surface area contributed by atoms with Crippen molar-refractivity contribution in [3.63, 3.8) is 0 Å². The van der Waals surface area contributed by atoms with Gasteiger partial charge in [-0.25, -0.2) is 0 Å². The van der Waals surface area contributed by atoms with Crippen molar-refractivity contribution in [2.75, 3.05) is 5.32 Å². The van der Waals surface area contributed by atoms with Gasteiger partial charge in [0.25, 0.3) is 0 Å². The third-order valence-corrected chi connectivity index (χ3v) is 2.17. The molecular weight excluding hydrogens is 190 g/mol. The van der Waals surface area contributed by atoms with Crippen LogP contribution in [0, 0.1) is 6.92 Å². The van der Waals surface area contributed by atoms with Gasteiger partial charge in [-0.2, -0.15) is 5.10 Å². The summed E-state index contributed by atoms with van der Waals surface area (Å²) >= 11 is 5.90. The summed E-state index contributed by atoms with van der Waals surface area (Å²) in [6.45, 7) is 3.59. The Morgan fingerprint density at radius 1 is 1.69 bits per heavy atom. The molecule has 0 aliphatic heterocycles. The van der Waals surface area contributed by atoms with Gasteiger partial charge in [0.1, 0.15) is 5.69 Å². The van der Waals surface area contributed by atoms with Crippen LogP contribution in [0.4, 0.5) is 5.69 Å². The van der Waals surface area contributed by atoms with Gasteiger partial charge < -0.3 is 5.32 Å². The molecule has 1 rings (SSSR count). The summed E-state index contributed by atoms with van der Waals surface area (Å²) in [7, 11) is 1.73. The summed E-state index contributed by atoms with van der Waals surface area (Å²) in [6, 6.07) is 0. The topological polar surface area (TPSA) is 46.9 Å². The molecule has 0 aliphatic rings. The van der Waals surface area contributed by atoms with Crippen LogP contribution >= 0.6 is 11.6 Å². The standard InChI is InChI=1S/C8H12ClN3O/c1-4-6(13)10-7-5(2)11-12(3)8(7)9/h4H2,1-3H3,(H,10,13). The van der Waals surface area contributed by atoms with Crippen molar-refractivity contribution in [3.05, 3.63) is 10.8 Å². The van der Waals surface area contributed by atoms with Gasteiger partial charge in [-0.15, -0.1) is 0 Å². The summed E-state index contributed by atoms with van der Waals surface area (Å²) in [5.41, 5.74) is 1.34. The molecule has 0 saturated heterocycles. The predicted molar refractivity (Wildman–Crippen MR) is 51.9 cm³/mol. The first kappa shape index (κ1) is 10.1. The zero-order chi connectivity index (χ0) is 10.0. The van der Waals surface area contributed by atoms with Crippen LogP contribution in [0.3, 0.4) is 0 Å². The lowest BCUT2D eigenvalue weighted by molar-refractivity contribution is -0.115. The third kappa shape index (κ3) is 2.01. The molecule has 4 nitrogen and oxygen atoms in total. The Labute approximate surface area is 81.9 Å². The predicted octanol–water partition coefficient (Wildman–Crippen LogP) is 1.73. The first-order chi connectivity index (χ1) is 6.06. The van der Waals surface area contributed by atoms with E-state index in [9.17, 15) is 4.79 Å². The van der Waals surface area contributed by atoms with Gasteiger partial charge in [0, 0.05) is 13.5 Å². The second-order valence-corrected chi connectivity index (χ2v) is 3.13. The molecule has 1 aromatic rings. The van der Waals surface area contributed by atoms with Crippen molar-refractivity contribution in [2.24, 2.45) is 7.05 Å². The minimum atomic E-state index is -0.0574. The van der Waals surface area contributed by atoms with Gasteiger partial charge >= 0.3 is 0 Å². The fourth-order valence-electron chi connectivity index (χ4n) is 1.000. The van der Waals surface area contributed by atoms with Gasteiger partial charge in [-0.1, -0.05) is 18.5 Å². The minimum Gasteiger partial charge on any atom is -0.322 e. The highest BCUT2D eigenvalue weighted by atomic mass is 35.5. The Morgan fingerprint density at radius 2 is 2.31 bits per heavy atom. The SMILES string of the molecule is CCC(=O)Nc1c(C)nn(C)c1Cl. The lowest BCUT2D eigenvalue weighted by Crippen LogP contribution is -2.10. The molecule has 0 bridgehead atoms. The lowest BCUT2D eigenvalue weighted by Gasteiger charge is -2.01. The van der Waals surface area contributed by atoms with E-state index in [-0.39, 0.29) is 5.91 Å². The fourth-order valence-corrected chi connectivity index (χ4v) is 1.22. The van der Waals surface area contributed by atoms with Gasteiger partial charge in [0.05, 0.1) is 5.69 Å². The Hall–Kier alpha value is -1.03. The van der Waals surface area contributed by atoms with E-state index >= 15 is 0 Å². The van der Waals surface area contributed by atoms with Crippen LogP contribution in [0.1, 0.15) is 19.0 Å². The number of halogens is 1. The molecule has 0 atom stereocenters. The molecule has 13 heavy (non-hydrogen) atoms. The number of amides is 1. The smallest absolute Gasteiger partial charge is 0.224 e. The third-order valence-electron chi connectivity index (χ3n) is 1.74. The highest BCUT2D eigenvalue weighted by Gasteiger charge is 2.12. The maximum atomic E-state index is 11.1. The quantitative estimate of drug-likeness (QED) is 0.792. The summed E-state index contributed by atoms with van der Waals surface area (Å²) in [5.74, 6) is -0.0574. The number of nitrogens with zero attached hydrogens (tertiary/aromatic N) is 2. The van der Waals surface area contributed by atoms with Crippen molar-refractivity contribution in [3.8, 4) is 0 Å². The van der Waals surface area contributed by atoms with Gasteiger partial charge in [0.15, 0.2) is 5.15 Å². The number of carbonyl (C=O) groups excluding carboxylic acids is 1. The highest BCUT2D eigenvalue weighted by molar-refractivity contribution is 6.32. The molecule has 0 saturated carbocycles. The largest absolute Gasteiger partial charge is 0.322 e. The summed E-state index contributed by atoms with van der Waals surface area (Å²) in [6.07, 6.45) is 0.435.